The Hall–Kier alpha value is -2.09. The van der Waals surface area contributed by atoms with E-state index >= 15 is 0 Å². The first-order valence-corrected chi connectivity index (χ1v) is 12.0. The number of β-amino-alcohol motifs (C(OH)–C–C–N with tert-alkyl or cyclic N) is 1. The highest BCUT2D eigenvalue weighted by atomic mass is 16.5. The summed E-state index contributed by atoms with van der Waals surface area (Å²) >= 11 is 0. The SMILES string of the molecule is COc1ccc(CNCCn2nc(C)cc2C)cc1OC[C@H](O)CN1CCCCCCC1. The molecule has 0 unspecified atom stereocenters. The molecule has 0 saturated carbocycles. The number of likely N-dealkylation sites (tertiary alicyclic amines) is 1. The van der Waals surface area contributed by atoms with Crippen LogP contribution in [-0.4, -0.2) is 65.8 Å². The van der Waals surface area contributed by atoms with Gasteiger partial charge in [-0.2, -0.15) is 5.10 Å². The normalized spacial score (nSPS) is 16.4. The fraction of sp³-hybridized carbons (Fsp3) is 0.640. The van der Waals surface area contributed by atoms with Crippen LogP contribution in [0.5, 0.6) is 11.5 Å². The minimum atomic E-state index is -0.512. The molecule has 1 saturated heterocycles. The highest BCUT2D eigenvalue weighted by Gasteiger charge is 2.15. The van der Waals surface area contributed by atoms with Gasteiger partial charge in [-0.1, -0.05) is 25.3 Å². The number of nitrogens with zero attached hydrogens (tertiary/aromatic N) is 3. The van der Waals surface area contributed by atoms with Crippen LogP contribution >= 0.6 is 0 Å². The van der Waals surface area contributed by atoms with Crippen molar-refractivity contribution in [1.82, 2.24) is 20.0 Å². The van der Waals surface area contributed by atoms with Gasteiger partial charge in [0.05, 0.1) is 19.3 Å². The standard InChI is InChI=1S/C25H40N4O3/c1-20-15-21(2)29(27-20)14-11-26-17-22-9-10-24(31-3)25(16-22)32-19-23(30)18-28-12-7-5-4-6-8-13-28/h9-10,15-16,23,26,30H,4-8,11-14,17-19H2,1-3H3/t23-/m1/s1. The van der Waals surface area contributed by atoms with Gasteiger partial charge in [0.15, 0.2) is 11.5 Å². The molecule has 1 aromatic carbocycles. The Morgan fingerprint density at radius 1 is 1.06 bits per heavy atom. The van der Waals surface area contributed by atoms with Crippen LogP contribution in [0.2, 0.25) is 0 Å². The smallest absolute Gasteiger partial charge is 0.161 e. The summed E-state index contributed by atoms with van der Waals surface area (Å²) in [7, 11) is 1.64. The van der Waals surface area contributed by atoms with Crippen molar-refractivity contribution in [2.75, 3.05) is 39.9 Å². The van der Waals surface area contributed by atoms with Crippen molar-refractivity contribution in [3.63, 3.8) is 0 Å². The van der Waals surface area contributed by atoms with Gasteiger partial charge in [-0.3, -0.25) is 4.68 Å². The molecule has 178 valence electrons. The summed E-state index contributed by atoms with van der Waals surface area (Å²) in [5.41, 5.74) is 3.35. The maximum Gasteiger partial charge on any atom is 0.161 e. The number of aryl methyl sites for hydroxylation is 2. The van der Waals surface area contributed by atoms with Crippen molar-refractivity contribution in [1.29, 1.82) is 0 Å². The molecular formula is C25H40N4O3. The number of hydrogen-bond donors (Lipinski definition) is 2. The van der Waals surface area contributed by atoms with Crippen LogP contribution in [0.3, 0.4) is 0 Å². The van der Waals surface area contributed by atoms with Crippen LogP contribution < -0.4 is 14.8 Å². The average molecular weight is 445 g/mol. The first-order chi connectivity index (χ1) is 15.5. The first-order valence-electron chi connectivity index (χ1n) is 12.0. The fourth-order valence-corrected chi connectivity index (χ4v) is 4.30. The molecule has 32 heavy (non-hydrogen) atoms. The Balaban J connectivity index is 1.46. The fourth-order valence-electron chi connectivity index (χ4n) is 4.30. The number of aromatic nitrogens is 2. The Bertz CT molecular complexity index is 816. The van der Waals surface area contributed by atoms with Gasteiger partial charge in [-0.05, 0) is 63.5 Å². The van der Waals surface area contributed by atoms with Crippen LogP contribution in [0, 0.1) is 13.8 Å². The van der Waals surface area contributed by atoms with Gasteiger partial charge in [0.2, 0.25) is 0 Å². The molecule has 7 heteroatoms. The quantitative estimate of drug-likeness (QED) is 0.518. The van der Waals surface area contributed by atoms with E-state index in [1.807, 2.05) is 29.8 Å². The lowest BCUT2D eigenvalue weighted by molar-refractivity contribution is 0.0644. The molecule has 7 nitrogen and oxygen atoms in total. The number of rotatable bonds is 11. The molecule has 0 bridgehead atoms. The summed E-state index contributed by atoms with van der Waals surface area (Å²) in [6, 6.07) is 8.06. The van der Waals surface area contributed by atoms with Crippen LogP contribution in [0.1, 0.15) is 49.1 Å². The third kappa shape index (κ3) is 7.80. The van der Waals surface area contributed by atoms with Crippen molar-refractivity contribution in [2.45, 2.75) is 65.1 Å². The lowest BCUT2D eigenvalue weighted by Crippen LogP contribution is -2.37. The Labute approximate surface area is 192 Å². The van der Waals surface area contributed by atoms with E-state index in [0.717, 1.165) is 44.0 Å². The molecule has 1 atom stereocenters. The summed E-state index contributed by atoms with van der Waals surface area (Å²) in [6.07, 6.45) is 5.85. The zero-order valence-electron chi connectivity index (χ0n) is 20.0. The second-order valence-electron chi connectivity index (χ2n) is 8.85. The number of benzene rings is 1. The Morgan fingerprint density at radius 3 is 2.50 bits per heavy atom. The summed E-state index contributed by atoms with van der Waals surface area (Å²) < 4.78 is 13.5. The Morgan fingerprint density at radius 2 is 1.81 bits per heavy atom. The lowest BCUT2D eigenvalue weighted by Gasteiger charge is -2.26. The van der Waals surface area contributed by atoms with Gasteiger partial charge in [0.1, 0.15) is 12.7 Å². The van der Waals surface area contributed by atoms with Gasteiger partial charge in [0.25, 0.3) is 0 Å². The monoisotopic (exact) mass is 444 g/mol. The summed E-state index contributed by atoms with van der Waals surface area (Å²) in [5, 5.41) is 18.5. The molecule has 0 amide bonds. The minimum absolute atomic E-state index is 0.266. The first kappa shape index (κ1) is 24.6. The van der Waals surface area contributed by atoms with E-state index in [-0.39, 0.29) is 6.61 Å². The number of nitrogens with one attached hydrogen (secondary N) is 1. The zero-order valence-corrected chi connectivity index (χ0v) is 20.0. The molecule has 1 fully saturated rings. The van der Waals surface area contributed by atoms with Crippen molar-refractivity contribution in [3.05, 3.63) is 41.2 Å². The molecule has 0 spiro atoms. The highest BCUT2D eigenvalue weighted by molar-refractivity contribution is 5.43. The summed E-state index contributed by atoms with van der Waals surface area (Å²) in [6.45, 7) is 9.56. The third-order valence-electron chi connectivity index (χ3n) is 6.01. The van der Waals surface area contributed by atoms with E-state index in [2.05, 4.69) is 28.3 Å². The third-order valence-corrected chi connectivity index (χ3v) is 6.01. The molecule has 2 heterocycles. The van der Waals surface area contributed by atoms with Gasteiger partial charge < -0.3 is 24.8 Å². The van der Waals surface area contributed by atoms with Gasteiger partial charge >= 0.3 is 0 Å². The molecule has 0 aliphatic carbocycles. The maximum atomic E-state index is 10.5. The number of methoxy groups -OCH3 is 1. The van der Waals surface area contributed by atoms with E-state index < -0.39 is 6.10 Å². The summed E-state index contributed by atoms with van der Waals surface area (Å²) in [4.78, 5) is 2.37. The topological polar surface area (TPSA) is 71.8 Å². The number of aliphatic hydroxyl groups is 1. The largest absolute Gasteiger partial charge is 0.493 e. The van der Waals surface area contributed by atoms with Gasteiger partial charge in [-0.15, -0.1) is 0 Å². The van der Waals surface area contributed by atoms with Crippen molar-refractivity contribution in [3.8, 4) is 11.5 Å². The number of ether oxygens (including phenoxy) is 2. The van der Waals surface area contributed by atoms with E-state index in [1.54, 1.807) is 7.11 Å². The molecule has 1 aromatic heterocycles. The van der Waals surface area contributed by atoms with E-state index in [1.165, 1.54) is 37.8 Å². The highest BCUT2D eigenvalue weighted by Crippen LogP contribution is 2.28. The summed E-state index contributed by atoms with van der Waals surface area (Å²) in [5.74, 6) is 1.37. The molecule has 0 radical (unpaired) electrons. The van der Waals surface area contributed by atoms with Crippen LogP contribution in [-0.2, 0) is 13.1 Å². The molecule has 1 aliphatic rings. The molecule has 2 N–H and O–H groups in total. The molecule has 2 aromatic rings. The second-order valence-corrected chi connectivity index (χ2v) is 8.85. The van der Waals surface area contributed by atoms with E-state index in [9.17, 15) is 5.11 Å². The predicted octanol–water partition coefficient (Wildman–Crippen LogP) is 3.30. The molecule has 3 rings (SSSR count). The second kappa shape index (κ2) is 12.8. The zero-order chi connectivity index (χ0) is 22.8. The lowest BCUT2D eigenvalue weighted by atomic mass is 10.1. The van der Waals surface area contributed by atoms with Crippen molar-refractivity contribution in [2.24, 2.45) is 0 Å². The van der Waals surface area contributed by atoms with Crippen LogP contribution in [0.15, 0.2) is 24.3 Å². The average Bonchev–Trinajstić information content (AvgIpc) is 3.08. The van der Waals surface area contributed by atoms with Crippen molar-refractivity contribution < 1.29 is 14.6 Å². The van der Waals surface area contributed by atoms with E-state index in [0.29, 0.717) is 18.0 Å². The van der Waals surface area contributed by atoms with Gasteiger partial charge in [-0.25, -0.2) is 0 Å². The minimum Gasteiger partial charge on any atom is -0.493 e. The van der Waals surface area contributed by atoms with E-state index in [4.69, 9.17) is 9.47 Å². The number of aliphatic hydroxyl groups excluding tert-OH is 1. The number of hydrogen-bond acceptors (Lipinski definition) is 6. The molecule has 1 aliphatic heterocycles. The predicted molar refractivity (Wildman–Crippen MR) is 127 cm³/mol. The maximum absolute atomic E-state index is 10.5. The molecular weight excluding hydrogens is 404 g/mol. The van der Waals surface area contributed by atoms with Crippen LogP contribution in [0.4, 0.5) is 0 Å². The van der Waals surface area contributed by atoms with Gasteiger partial charge in [0, 0.05) is 25.3 Å². The van der Waals surface area contributed by atoms with Crippen LogP contribution in [0.25, 0.3) is 0 Å². The Kier molecular flexibility index (Phi) is 9.84. The van der Waals surface area contributed by atoms with Crippen molar-refractivity contribution >= 4 is 0 Å².